The summed E-state index contributed by atoms with van der Waals surface area (Å²) in [6.45, 7) is -0.342. The summed E-state index contributed by atoms with van der Waals surface area (Å²) in [5, 5.41) is 9.37. The second kappa shape index (κ2) is 6.00. The van der Waals surface area contributed by atoms with Crippen LogP contribution in [0.5, 0.6) is 0 Å². The molecule has 0 fully saturated rings. The molecule has 0 saturated carbocycles. The van der Waals surface area contributed by atoms with Crippen molar-refractivity contribution >= 4 is 15.8 Å². The molecule has 0 aliphatic rings. The van der Waals surface area contributed by atoms with E-state index in [9.17, 15) is 13.5 Å². The SMILES string of the molecule is Nc1ccc(S(=O)(=O)N[C@H](CO)c2ccccc2)cn1. The van der Waals surface area contributed by atoms with Crippen molar-refractivity contribution < 1.29 is 13.5 Å². The minimum atomic E-state index is -3.76. The van der Waals surface area contributed by atoms with Crippen LogP contribution in [0.15, 0.2) is 53.6 Å². The largest absolute Gasteiger partial charge is 0.394 e. The molecule has 2 rings (SSSR count). The van der Waals surface area contributed by atoms with Crippen molar-refractivity contribution in [2.75, 3.05) is 12.3 Å². The number of aliphatic hydroxyl groups excluding tert-OH is 1. The summed E-state index contributed by atoms with van der Waals surface area (Å²) in [5.41, 5.74) is 6.10. The van der Waals surface area contributed by atoms with Gasteiger partial charge in [0.2, 0.25) is 10.0 Å². The van der Waals surface area contributed by atoms with Crippen molar-refractivity contribution in [2.45, 2.75) is 10.9 Å². The topological polar surface area (TPSA) is 105 Å². The number of aromatic nitrogens is 1. The highest BCUT2D eigenvalue weighted by Gasteiger charge is 2.21. The van der Waals surface area contributed by atoms with E-state index in [0.717, 1.165) is 0 Å². The number of rotatable bonds is 5. The number of nitrogens with two attached hydrogens (primary N) is 1. The van der Waals surface area contributed by atoms with Gasteiger partial charge in [-0.2, -0.15) is 0 Å². The Bertz CT molecular complexity index is 657. The fourth-order valence-electron chi connectivity index (χ4n) is 1.70. The van der Waals surface area contributed by atoms with Gasteiger partial charge in [-0.3, -0.25) is 0 Å². The third kappa shape index (κ3) is 3.32. The maximum Gasteiger partial charge on any atom is 0.242 e. The van der Waals surface area contributed by atoms with Gasteiger partial charge in [-0.25, -0.2) is 18.1 Å². The summed E-state index contributed by atoms with van der Waals surface area (Å²) >= 11 is 0. The van der Waals surface area contributed by atoms with Crippen molar-refractivity contribution in [3.63, 3.8) is 0 Å². The van der Waals surface area contributed by atoms with E-state index in [2.05, 4.69) is 9.71 Å². The molecule has 0 bridgehead atoms. The highest BCUT2D eigenvalue weighted by Crippen LogP contribution is 2.16. The molecule has 106 valence electrons. The molecule has 1 aromatic heterocycles. The molecule has 0 amide bonds. The number of nitrogens with one attached hydrogen (secondary N) is 1. The van der Waals surface area contributed by atoms with Crippen LogP contribution in [0, 0.1) is 0 Å². The van der Waals surface area contributed by atoms with Crippen LogP contribution in [0.4, 0.5) is 5.82 Å². The van der Waals surface area contributed by atoms with Gasteiger partial charge in [-0.05, 0) is 17.7 Å². The zero-order valence-corrected chi connectivity index (χ0v) is 11.4. The van der Waals surface area contributed by atoms with Crippen molar-refractivity contribution in [2.24, 2.45) is 0 Å². The second-order valence-corrected chi connectivity index (χ2v) is 5.90. The number of hydrogen-bond donors (Lipinski definition) is 3. The molecule has 1 atom stereocenters. The molecule has 4 N–H and O–H groups in total. The van der Waals surface area contributed by atoms with Gasteiger partial charge in [0.1, 0.15) is 10.7 Å². The monoisotopic (exact) mass is 293 g/mol. The summed E-state index contributed by atoms with van der Waals surface area (Å²) in [7, 11) is -3.76. The number of nitrogens with zero attached hydrogens (tertiary/aromatic N) is 1. The van der Waals surface area contributed by atoms with Crippen LogP contribution < -0.4 is 10.5 Å². The lowest BCUT2D eigenvalue weighted by atomic mass is 10.1. The normalized spacial score (nSPS) is 13.1. The fraction of sp³-hybridized carbons (Fsp3) is 0.154. The molecule has 1 heterocycles. The molecular formula is C13H15N3O3S. The summed E-state index contributed by atoms with van der Waals surface area (Å²) in [4.78, 5) is 3.75. The van der Waals surface area contributed by atoms with Crippen LogP contribution in [0.25, 0.3) is 0 Å². The molecule has 0 saturated heterocycles. The van der Waals surface area contributed by atoms with Gasteiger partial charge in [-0.15, -0.1) is 0 Å². The quantitative estimate of drug-likeness (QED) is 0.751. The molecule has 2 aromatic rings. The van der Waals surface area contributed by atoms with E-state index in [0.29, 0.717) is 5.56 Å². The fourth-order valence-corrected chi connectivity index (χ4v) is 2.86. The van der Waals surface area contributed by atoms with E-state index in [4.69, 9.17) is 5.73 Å². The van der Waals surface area contributed by atoms with Crippen LogP contribution in [0.2, 0.25) is 0 Å². The Hall–Kier alpha value is -1.96. The predicted molar refractivity (Wildman–Crippen MR) is 75.2 cm³/mol. The van der Waals surface area contributed by atoms with E-state index in [1.165, 1.54) is 18.3 Å². The van der Waals surface area contributed by atoms with E-state index < -0.39 is 16.1 Å². The van der Waals surface area contributed by atoms with Crippen molar-refractivity contribution in [1.82, 2.24) is 9.71 Å². The van der Waals surface area contributed by atoms with E-state index >= 15 is 0 Å². The summed E-state index contributed by atoms with van der Waals surface area (Å²) in [5.74, 6) is 0.241. The Balaban J connectivity index is 2.24. The third-order valence-corrected chi connectivity index (χ3v) is 4.21. The van der Waals surface area contributed by atoms with Crippen LogP contribution in [-0.4, -0.2) is 25.1 Å². The van der Waals surface area contributed by atoms with Crippen LogP contribution >= 0.6 is 0 Å². The first-order valence-corrected chi connectivity index (χ1v) is 7.41. The zero-order chi connectivity index (χ0) is 14.6. The molecular weight excluding hydrogens is 278 g/mol. The van der Waals surface area contributed by atoms with Crippen molar-refractivity contribution in [1.29, 1.82) is 0 Å². The first-order chi connectivity index (χ1) is 9.53. The van der Waals surface area contributed by atoms with Gasteiger partial charge in [-0.1, -0.05) is 30.3 Å². The minimum absolute atomic E-state index is 0.00100. The lowest BCUT2D eigenvalue weighted by Crippen LogP contribution is -2.31. The molecule has 0 unspecified atom stereocenters. The van der Waals surface area contributed by atoms with E-state index in [1.54, 1.807) is 24.3 Å². The highest BCUT2D eigenvalue weighted by molar-refractivity contribution is 7.89. The van der Waals surface area contributed by atoms with Gasteiger partial charge in [0.15, 0.2) is 0 Å². The van der Waals surface area contributed by atoms with Crippen LogP contribution in [0.3, 0.4) is 0 Å². The number of aliphatic hydroxyl groups is 1. The van der Waals surface area contributed by atoms with E-state index in [1.807, 2.05) is 6.07 Å². The molecule has 7 heteroatoms. The number of pyridine rings is 1. The van der Waals surface area contributed by atoms with Crippen LogP contribution in [-0.2, 0) is 10.0 Å². The van der Waals surface area contributed by atoms with Gasteiger partial charge in [0, 0.05) is 6.20 Å². The first-order valence-electron chi connectivity index (χ1n) is 5.92. The Labute approximate surface area is 117 Å². The molecule has 20 heavy (non-hydrogen) atoms. The number of hydrogen-bond acceptors (Lipinski definition) is 5. The van der Waals surface area contributed by atoms with E-state index in [-0.39, 0.29) is 17.3 Å². The Morgan fingerprint density at radius 1 is 1.20 bits per heavy atom. The lowest BCUT2D eigenvalue weighted by Gasteiger charge is -2.16. The Morgan fingerprint density at radius 3 is 2.45 bits per heavy atom. The average molecular weight is 293 g/mol. The molecule has 0 radical (unpaired) electrons. The molecule has 6 nitrogen and oxygen atoms in total. The van der Waals surface area contributed by atoms with Gasteiger partial charge < -0.3 is 10.8 Å². The average Bonchev–Trinajstić information content (AvgIpc) is 2.46. The van der Waals surface area contributed by atoms with Crippen LogP contribution in [0.1, 0.15) is 11.6 Å². The predicted octanol–water partition coefficient (Wildman–Crippen LogP) is 0.676. The summed E-state index contributed by atoms with van der Waals surface area (Å²) in [6.07, 6.45) is 1.18. The maximum atomic E-state index is 12.2. The minimum Gasteiger partial charge on any atom is -0.394 e. The molecule has 0 aliphatic carbocycles. The molecule has 0 spiro atoms. The van der Waals surface area contributed by atoms with Crippen molar-refractivity contribution in [3.8, 4) is 0 Å². The lowest BCUT2D eigenvalue weighted by molar-refractivity contribution is 0.259. The summed E-state index contributed by atoms with van der Waals surface area (Å²) in [6, 6.07) is 10.9. The Morgan fingerprint density at radius 2 is 1.90 bits per heavy atom. The smallest absolute Gasteiger partial charge is 0.242 e. The summed E-state index contributed by atoms with van der Waals surface area (Å²) < 4.78 is 26.8. The second-order valence-electron chi connectivity index (χ2n) is 4.19. The Kier molecular flexibility index (Phi) is 4.33. The first kappa shape index (κ1) is 14.4. The van der Waals surface area contributed by atoms with Gasteiger partial charge >= 0.3 is 0 Å². The number of anilines is 1. The number of benzene rings is 1. The van der Waals surface area contributed by atoms with Gasteiger partial charge in [0.25, 0.3) is 0 Å². The standard InChI is InChI=1S/C13H15N3O3S/c14-13-7-6-11(8-15-13)20(18,19)16-12(9-17)10-4-2-1-3-5-10/h1-8,12,16-17H,9H2,(H2,14,15)/t12-/m1/s1. The third-order valence-electron chi connectivity index (χ3n) is 2.75. The molecule has 0 aliphatic heterocycles. The van der Waals surface area contributed by atoms with Crippen molar-refractivity contribution in [3.05, 3.63) is 54.2 Å². The molecule has 1 aromatic carbocycles. The highest BCUT2D eigenvalue weighted by atomic mass is 32.2. The zero-order valence-electron chi connectivity index (χ0n) is 10.6. The number of nitrogen functional groups attached to an aromatic ring is 1. The number of sulfonamides is 1. The maximum absolute atomic E-state index is 12.2. The van der Waals surface area contributed by atoms with Gasteiger partial charge in [0.05, 0.1) is 12.6 Å².